The van der Waals surface area contributed by atoms with Gasteiger partial charge in [0.15, 0.2) is 0 Å². The molecular weight excluding hydrogens is 117 g/mol. The van der Waals surface area contributed by atoms with Crippen LogP contribution in [0.2, 0.25) is 0 Å². The summed E-state index contributed by atoms with van der Waals surface area (Å²) < 4.78 is 0. The van der Waals surface area contributed by atoms with E-state index in [1.54, 1.807) is 0 Å². The summed E-state index contributed by atoms with van der Waals surface area (Å²) in [6.45, 7) is 8.85. The fraction of sp³-hybridized carbons (Fsp3) is 1.00. The molecule has 0 aromatic rings. The molecule has 0 bridgehead atoms. The molecule has 0 aliphatic heterocycles. The maximum absolute atomic E-state index is 5.88. The molecule has 2 N–H and O–H groups in total. The van der Waals surface area contributed by atoms with Crippen molar-refractivity contribution in [3.8, 4) is 0 Å². The molecule has 0 fully saturated rings. The molecule has 52 valence electrons. The summed E-state index contributed by atoms with van der Waals surface area (Å²) in [5.74, 6) is 0.779. The molecule has 0 saturated heterocycles. The van der Waals surface area contributed by atoms with Gasteiger partial charge >= 0.3 is 52.2 Å². The molecule has 0 unspecified atom stereocenters. The van der Waals surface area contributed by atoms with Gasteiger partial charge < -0.3 is 0 Å². The van der Waals surface area contributed by atoms with Crippen molar-refractivity contribution in [1.82, 2.24) is 0 Å². The normalized spacial score (nSPS) is 14.8. The van der Waals surface area contributed by atoms with E-state index >= 15 is 0 Å². The van der Waals surface area contributed by atoms with E-state index in [0.717, 1.165) is 5.92 Å². The molecule has 1 nitrogen and oxygen atoms in total. The molecule has 2 heteroatoms. The fourth-order valence-corrected chi connectivity index (χ4v) is 3.16. The van der Waals surface area contributed by atoms with E-state index in [2.05, 4.69) is 27.2 Å². The van der Waals surface area contributed by atoms with Crippen LogP contribution in [-0.2, 0) is 0 Å². The summed E-state index contributed by atoms with van der Waals surface area (Å²) in [7, 11) is -1.22. The Balaban J connectivity index is 3.39. The average molecular weight is 135 g/mol. The molecule has 8 heavy (non-hydrogen) atoms. The molecular formula is C6H18NP. The third-order valence-electron chi connectivity index (χ3n) is 0.934. The van der Waals surface area contributed by atoms with Crippen LogP contribution < -0.4 is 5.50 Å². The van der Waals surface area contributed by atoms with Crippen molar-refractivity contribution in [3.05, 3.63) is 0 Å². The quantitative estimate of drug-likeness (QED) is 0.571. The number of hydrogen-bond acceptors (Lipinski definition) is 1. The molecule has 0 atom stereocenters. The summed E-state index contributed by atoms with van der Waals surface area (Å²) in [6.07, 6.45) is 1.24. The number of rotatable bonds is 2. The van der Waals surface area contributed by atoms with Crippen molar-refractivity contribution >= 4 is 7.41 Å². The van der Waals surface area contributed by atoms with E-state index in [4.69, 9.17) is 5.50 Å². The van der Waals surface area contributed by atoms with E-state index < -0.39 is 7.41 Å². The number of nitrogens with two attached hydrogens (primary N) is 1. The molecule has 0 aromatic heterocycles. The van der Waals surface area contributed by atoms with Gasteiger partial charge in [0.1, 0.15) is 0 Å². The van der Waals surface area contributed by atoms with Crippen LogP contribution in [0.15, 0.2) is 0 Å². The van der Waals surface area contributed by atoms with Crippen LogP contribution >= 0.6 is 7.41 Å². The second kappa shape index (κ2) is 2.80. The first kappa shape index (κ1) is 8.39. The van der Waals surface area contributed by atoms with Gasteiger partial charge in [-0.25, -0.2) is 0 Å². The van der Waals surface area contributed by atoms with Crippen LogP contribution in [0, 0.1) is 5.92 Å². The average Bonchev–Trinajstić information content (AvgIpc) is 1.21. The Morgan fingerprint density at radius 2 is 1.75 bits per heavy atom. The Kier molecular flexibility index (Phi) is 2.93. The van der Waals surface area contributed by atoms with Crippen molar-refractivity contribution in [3.63, 3.8) is 0 Å². The maximum atomic E-state index is 5.88. The fourth-order valence-electron chi connectivity index (χ4n) is 1.05. The third kappa shape index (κ3) is 6.39. The Labute approximate surface area is 53.0 Å². The zero-order valence-electron chi connectivity index (χ0n) is 6.36. The van der Waals surface area contributed by atoms with Crippen LogP contribution in [0.25, 0.3) is 0 Å². The predicted octanol–water partition coefficient (Wildman–Crippen LogP) is 1.53. The van der Waals surface area contributed by atoms with Gasteiger partial charge in [0.2, 0.25) is 0 Å². The van der Waals surface area contributed by atoms with E-state index in [1.165, 1.54) is 6.16 Å². The molecule has 0 amide bonds. The van der Waals surface area contributed by atoms with Crippen molar-refractivity contribution in [1.29, 1.82) is 0 Å². The molecule has 0 rings (SSSR count). The van der Waals surface area contributed by atoms with E-state index in [-0.39, 0.29) is 0 Å². The second-order valence-corrected chi connectivity index (χ2v) is 7.97. The summed E-state index contributed by atoms with van der Waals surface area (Å²) in [5, 5.41) is 0. The zero-order valence-corrected chi connectivity index (χ0v) is 7.36. The van der Waals surface area contributed by atoms with Crippen molar-refractivity contribution in [2.75, 3.05) is 19.5 Å². The standard InChI is InChI=1S/C6H18NP/c1-6(2)5-8(3,4)7/h6,8H,5,7H2,1-4H3. The van der Waals surface area contributed by atoms with Gasteiger partial charge in [-0.1, -0.05) is 0 Å². The van der Waals surface area contributed by atoms with E-state index in [1.807, 2.05) is 0 Å². The Morgan fingerprint density at radius 3 is 1.75 bits per heavy atom. The Hall–Kier alpha value is 0.390. The SMILES string of the molecule is CC(C)C[PH](C)(C)N. The predicted molar refractivity (Wildman–Crippen MR) is 44.1 cm³/mol. The van der Waals surface area contributed by atoms with E-state index in [0.29, 0.717) is 0 Å². The van der Waals surface area contributed by atoms with Crippen LogP contribution in [0.1, 0.15) is 13.8 Å². The van der Waals surface area contributed by atoms with Gasteiger partial charge in [-0.05, 0) is 0 Å². The molecule has 0 radical (unpaired) electrons. The topological polar surface area (TPSA) is 26.0 Å². The van der Waals surface area contributed by atoms with Crippen LogP contribution in [0.3, 0.4) is 0 Å². The minimum absolute atomic E-state index is 0.779. The molecule has 0 heterocycles. The number of hydrogen-bond donors (Lipinski definition) is 1. The summed E-state index contributed by atoms with van der Waals surface area (Å²) in [6, 6.07) is 0. The molecule has 0 aromatic carbocycles. The van der Waals surface area contributed by atoms with Crippen LogP contribution in [0.5, 0.6) is 0 Å². The van der Waals surface area contributed by atoms with Gasteiger partial charge in [0.25, 0.3) is 0 Å². The first-order valence-corrected chi connectivity index (χ1v) is 6.49. The zero-order chi connectivity index (χ0) is 6.78. The van der Waals surface area contributed by atoms with Crippen LogP contribution in [-0.4, -0.2) is 19.5 Å². The van der Waals surface area contributed by atoms with Gasteiger partial charge in [-0.3, -0.25) is 0 Å². The third-order valence-corrected chi connectivity index (χ3v) is 2.80. The first-order valence-electron chi connectivity index (χ1n) is 3.21. The first-order chi connectivity index (χ1) is 3.42. The monoisotopic (exact) mass is 135 g/mol. The van der Waals surface area contributed by atoms with Crippen molar-refractivity contribution in [2.24, 2.45) is 11.4 Å². The Morgan fingerprint density at radius 1 is 1.38 bits per heavy atom. The molecule has 0 spiro atoms. The van der Waals surface area contributed by atoms with Gasteiger partial charge in [-0.15, -0.1) is 0 Å². The summed E-state index contributed by atoms with van der Waals surface area (Å²) in [5.41, 5.74) is 5.88. The van der Waals surface area contributed by atoms with Crippen LogP contribution in [0.4, 0.5) is 0 Å². The van der Waals surface area contributed by atoms with E-state index in [9.17, 15) is 0 Å². The Bertz CT molecular complexity index is 63.4. The molecule has 0 aliphatic carbocycles. The molecule has 0 aliphatic rings. The van der Waals surface area contributed by atoms with Gasteiger partial charge in [0.05, 0.1) is 0 Å². The summed E-state index contributed by atoms with van der Waals surface area (Å²) in [4.78, 5) is 0. The van der Waals surface area contributed by atoms with Gasteiger partial charge in [0, 0.05) is 0 Å². The molecule has 0 saturated carbocycles. The summed E-state index contributed by atoms with van der Waals surface area (Å²) >= 11 is 0. The minimum atomic E-state index is -1.22. The van der Waals surface area contributed by atoms with Crippen molar-refractivity contribution < 1.29 is 0 Å². The second-order valence-electron chi connectivity index (χ2n) is 3.59. The van der Waals surface area contributed by atoms with Crippen molar-refractivity contribution in [2.45, 2.75) is 13.8 Å². The van der Waals surface area contributed by atoms with Gasteiger partial charge in [-0.2, -0.15) is 0 Å².